The lowest BCUT2D eigenvalue weighted by Gasteiger charge is -2.00. The van der Waals surface area contributed by atoms with Crippen molar-refractivity contribution in [3.8, 4) is 11.3 Å². The molecule has 0 amide bonds. The highest BCUT2D eigenvalue weighted by Crippen LogP contribution is 2.24. The summed E-state index contributed by atoms with van der Waals surface area (Å²) in [5.41, 5.74) is 0.600. The number of aromatic nitrogens is 1. The highest BCUT2D eigenvalue weighted by Gasteiger charge is 2.24. The van der Waals surface area contributed by atoms with Gasteiger partial charge in [-0.1, -0.05) is 23.7 Å². The maximum Gasteiger partial charge on any atom is 0.346 e. The molecule has 2 heterocycles. The second-order valence-electron chi connectivity index (χ2n) is 4.02. The molecule has 1 aromatic carbocycles. The van der Waals surface area contributed by atoms with E-state index in [2.05, 4.69) is 4.98 Å². The van der Waals surface area contributed by atoms with Gasteiger partial charge in [0.2, 0.25) is 11.5 Å². The van der Waals surface area contributed by atoms with Crippen molar-refractivity contribution in [2.75, 3.05) is 0 Å². The van der Waals surface area contributed by atoms with Crippen molar-refractivity contribution in [2.45, 2.75) is 0 Å². The van der Waals surface area contributed by atoms with Gasteiger partial charge < -0.3 is 9.40 Å². The molecular weight excluding hydrogens is 266 g/mol. The molecule has 1 aromatic rings. The lowest BCUT2D eigenvalue weighted by Crippen LogP contribution is -2.01. The van der Waals surface area contributed by atoms with Crippen LogP contribution in [0.25, 0.3) is 11.3 Å². The predicted molar refractivity (Wildman–Crippen MR) is 70.8 cm³/mol. The van der Waals surface area contributed by atoms with E-state index in [4.69, 9.17) is 16.0 Å². The molecule has 0 radical (unpaired) electrons. The first kappa shape index (κ1) is 11.7. The Kier molecular flexibility index (Phi) is 2.72. The molecule has 0 unspecified atom stereocenters. The molecule has 0 atom stereocenters. The number of pyridine rings is 1. The molecule has 5 heteroatoms. The van der Waals surface area contributed by atoms with Gasteiger partial charge >= 0.3 is 5.63 Å². The van der Waals surface area contributed by atoms with Gasteiger partial charge in [0.1, 0.15) is 5.69 Å². The maximum absolute atomic E-state index is 12.3. The summed E-state index contributed by atoms with van der Waals surface area (Å²) in [6.07, 6.45) is 1.63. The fraction of sp³-hybridized carbons (Fsp3) is 0. The number of nitrogens with one attached hydrogen (secondary N) is 1. The van der Waals surface area contributed by atoms with Crippen LogP contribution in [0.1, 0.15) is 16.1 Å². The van der Waals surface area contributed by atoms with Crippen LogP contribution in [0.3, 0.4) is 0 Å². The van der Waals surface area contributed by atoms with Gasteiger partial charge in [-0.25, -0.2) is 4.79 Å². The van der Waals surface area contributed by atoms with Gasteiger partial charge in [0.15, 0.2) is 0 Å². The highest BCUT2D eigenvalue weighted by atomic mass is 35.5. The van der Waals surface area contributed by atoms with Crippen LogP contribution in [0, 0.1) is 0 Å². The number of halogens is 1. The first-order valence-corrected chi connectivity index (χ1v) is 5.95. The summed E-state index contributed by atoms with van der Waals surface area (Å²) in [5.74, 6) is -0.375. The zero-order valence-electron chi connectivity index (χ0n) is 9.64. The fourth-order valence-electron chi connectivity index (χ4n) is 1.91. The number of hydrogen-bond donors (Lipinski definition) is 1. The molecule has 0 aliphatic carbocycles. The van der Waals surface area contributed by atoms with Gasteiger partial charge in [0.05, 0.1) is 5.56 Å². The molecule has 3 rings (SSSR count). The van der Waals surface area contributed by atoms with Gasteiger partial charge in [-0.3, -0.25) is 4.79 Å². The minimum absolute atomic E-state index is 0.00265. The second-order valence-corrected chi connectivity index (χ2v) is 4.45. The number of carbonyl (C=O) groups excluding carboxylic acids is 1. The van der Waals surface area contributed by atoms with Crippen LogP contribution in [-0.2, 0) is 0 Å². The number of carbonyl (C=O) groups is 1. The van der Waals surface area contributed by atoms with Crippen molar-refractivity contribution in [3.63, 3.8) is 0 Å². The number of ketones is 1. The molecular formula is C14H8ClNO3. The van der Waals surface area contributed by atoms with E-state index in [-0.39, 0.29) is 11.5 Å². The van der Waals surface area contributed by atoms with E-state index >= 15 is 0 Å². The summed E-state index contributed by atoms with van der Waals surface area (Å²) in [4.78, 5) is 26.8. The van der Waals surface area contributed by atoms with Crippen LogP contribution >= 0.6 is 11.6 Å². The molecule has 94 valence electrons. The van der Waals surface area contributed by atoms with Crippen molar-refractivity contribution in [3.05, 3.63) is 69.4 Å². The molecule has 1 N–H and O–H groups in total. The van der Waals surface area contributed by atoms with E-state index in [0.717, 1.165) is 0 Å². The molecule has 0 saturated heterocycles. The summed E-state index contributed by atoms with van der Waals surface area (Å²) in [6.45, 7) is 0. The Morgan fingerprint density at radius 1 is 1.21 bits per heavy atom. The first-order valence-electron chi connectivity index (χ1n) is 5.57. The maximum atomic E-state index is 12.3. The van der Waals surface area contributed by atoms with Gasteiger partial charge in [-0.2, -0.15) is 0 Å². The largest absolute Gasteiger partial charge is 0.416 e. The summed E-state index contributed by atoms with van der Waals surface area (Å²) in [7, 11) is 0. The minimum atomic E-state index is -0.530. The molecule has 0 spiro atoms. The SMILES string of the molecule is O=C(c1cccc(Cl)c1)c1oc(=O)c2ccc[nH]c1-2. The Hall–Kier alpha value is -2.33. The van der Waals surface area contributed by atoms with Crippen molar-refractivity contribution < 1.29 is 9.21 Å². The predicted octanol–water partition coefficient (Wildman–Crippen LogP) is 2.96. The van der Waals surface area contributed by atoms with E-state index < -0.39 is 5.63 Å². The topological polar surface area (TPSA) is 63.1 Å². The summed E-state index contributed by atoms with van der Waals surface area (Å²) >= 11 is 5.85. The second kappa shape index (κ2) is 4.40. The van der Waals surface area contributed by atoms with Crippen molar-refractivity contribution in [2.24, 2.45) is 0 Å². The quantitative estimate of drug-likeness (QED) is 0.730. The zero-order chi connectivity index (χ0) is 13.4. The molecule has 0 bridgehead atoms. The molecule has 2 aliphatic rings. The lowest BCUT2D eigenvalue weighted by atomic mass is 10.1. The lowest BCUT2D eigenvalue weighted by molar-refractivity contribution is 0.101. The molecule has 19 heavy (non-hydrogen) atoms. The zero-order valence-corrected chi connectivity index (χ0v) is 10.4. The normalized spacial score (nSPS) is 10.8. The molecule has 2 aliphatic heterocycles. The smallest absolute Gasteiger partial charge is 0.346 e. The average Bonchev–Trinajstić information content (AvgIpc) is 2.76. The van der Waals surface area contributed by atoms with Gasteiger partial charge in [0.25, 0.3) is 0 Å². The number of fused-ring (bicyclic) bond motifs is 1. The van der Waals surface area contributed by atoms with Crippen molar-refractivity contribution in [1.29, 1.82) is 0 Å². The Balaban J connectivity index is 2.15. The van der Waals surface area contributed by atoms with Crippen LogP contribution in [0.2, 0.25) is 5.02 Å². The van der Waals surface area contributed by atoms with E-state index in [9.17, 15) is 9.59 Å². The van der Waals surface area contributed by atoms with E-state index in [1.54, 1.807) is 36.5 Å². The Morgan fingerprint density at radius 2 is 2.05 bits per heavy atom. The number of benzene rings is 1. The highest BCUT2D eigenvalue weighted by molar-refractivity contribution is 6.31. The van der Waals surface area contributed by atoms with Crippen molar-refractivity contribution in [1.82, 2.24) is 4.98 Å². The van der Waals surface area contributed by atoms with Crippen LogP contribution in [-0.4, -0.2) is 10.8 Å². The first-order chi connectivity index (χ1) is 9.16. The van der Waals surface area contributed by atoms with Crippen LogP contribution in [0.15, 0.2) is 51.8 Å². The number of H-pyrrole nitrogens is 1. The van der Waals surface area contributed by atoms with Gasteiger partial charge in [-0.05, 0) is 24.3 Å². The molecule has 0 aromatic heterocycles. The number of rotatable bonds is 2. The Morgan fingerprint density at radius 3 is 2.84 bits per heavy atom. The molecule has 0 fully saturated rings. The van der Waals surface area contributed by atoms with E-state index in [1.807, 2.05) is 0 Å². The summed E-state index contributed by atoms with van der Waals surface area (Å²) in [6, 6.07) is 9.77. The third-order valence-electron chi connectivity index (χ3n) is 2.79. The van der Waals surface area contributed by atoms with E-state index in [1.165, 1.54) is 6.07 Å². The minimum Gasteiger partial charge on any atom is -0.416 e. The van der Waals surface area contributed by atoms with Crippen LogP contribution in [0.5, 0.6) is 0 Å². The number of hydrogen-bond acceptors (Lipinski definition) is 3. The summed E-state index contributed by atoms with van der Waals surface area (Å²) in [5, 5.41) is 0.452. The Labute approximate surface area is 113 Å². The monoisotopic (exact) mass is 273 g/mol. The van der Waals surface area contributed by atoms with E-state index in [0.29, 0.717) is 21.8 Å². The van der Waals surface area contributed by atoms with Crippen LogP contribution < -0.4 is 5.63 Å². The standard InChI is InChI=1S/C14H8ClNO3/c15-9-4-1-3-8(7-9)12(17)13-11-10(14(18)19-13)5-2-6-16-11/h1-7,16H. The number of aromatic amines is 1. The average molecular weight is 274 g/mol. The summed E-state index contributed by atoms with van der Waals surface area (Å²) < 4.78 is 5.04. The van der Waals surface area contributed by atoms with Crippen molar-refractivity contribution >= 4 is 17.4 Å². The molecule has 0 saturated carbocycles. The van der Waals surface area contributed by atoms with Gasteiger partial charge in [0, 0.05) is 16.8 Å². The third kappa shape index (κ3) is 1.96. The number of furan rings is 1. The van der Waals surface area contributed by atoms with Gasteiger partial charge in [-0.15, -0.1) is 0 Å². The Bertz CT molecular complexity index is 787. The molecule has 4 nitrogen and oxygen atoms in total. The third-order valence-corrected chi connectivity index (χ3v) is 3.03. The van der Waals surface area contributed by atoms with Crippen LogP contribution in [0.4, 0.5) is 0 Å². The fourth-order valence-corrected chi connectivity index (χ4v) is 2.10.